The smallest absolute Gasteiger partial charge is 0.00653 e. The predicted octanol–water partition coefficient (Wildman–Crippen LogP) is -0.709. The Balaban J connectivity index is -0.0000000750. The minimum Gasteiger partial charge on any atom is -0.333 e. The molecule has 4 heteroatoms. The van der Waals surface area contributed by atoms with Gasteiger partial charge in [-0.3, -0.25) is 0 Å². The van der Waals surface area contributed by atoms with E-state index in [1.54, 1.807) is 0 Å². The molecule has 0 saturated heterocycles. The monoisotopic (exact) mass is 141 g/mol. The van der Waals surface area contributed by atoms with Crippen LogP contribution in [0.25, 0.3) is 0 Å². The maximum atomic E-state index is 5.06. The van der Waals surface area contributed by atoms with Crippen molar-refractivity contribution in [1.82, 2.24) is 0 Å². The third-order valence-electron chi connectivity index (χ3n) is 0.408. The van der Waals surface area contributed by atoms with Crippen LogP contribution in [0.15, 0.2) is 0 Å². The zero-order chi connectivity index (χ0) is 6.12. The summed E-state index contributed by atoms with van der Waals surface area (Å²) in [6.07, 6.45) is 0.944. The van der Waals surface area contributed by atoms with Crippen molar-refractivity contribution in [2.75, 3.05) is 20.1 Å². The van der Waals surface area contributed by atoms with Crippen LogP contribution in [0.5, 0.6) is 0 Å². The second-order valence-corrected chi connectivity index (χ2v) is 0.931. The Morgan fingerprint density at radius 1 is 1.00 bits per heavy atom. The fourth-order valence-corrected chi connectivity index (χ4v) is 0.118. The Labute approximate surface area is 57.0 Å². The van der Waals surface area contributed by atoms with Crippen LogP contribution in [0.3, 0.4) is 0 Å². The van der Waals surface area contributed by atoms with Crippen LogP contribution >= 0.6 is 12.4 Å². The second-order valence-electron chi connectivity index (χ2n) is 0.931. The van der Waals surface area contributed by atoms with Crippen LogP contribution in [0.2, 0.25) is 0 Å². The van der Waals surface area contributed by atoms with Gasteiger partial charge in [0.15, 0.2) is 0 Å². The molecular formula is C4H16ClN3. The van der Waals surface area contributed by atoms with Gasteiger partial charge in [-0.15, -0.1) is 12.4 Å². The third kappa shape index (κ3) is 35.0. The first kappa shape index (κ1) is 15.7. The van der Waals surface area contributed by atoms with E-state index >= 15 is 0 Å². The highest BCUT2D eigenvalue weighted by Gasteiger charge is 1.67. The molecular weight excluding hydrogens is 126 g/mol. The molecule has 54 valence electrons. The van der Waals surface area contributed by atoms with Gasteiger partial charge < -0.3 is 17.2 Å². The molecule has 0 aromatic rings. The van der Waals surface area contributed by atoms with Gasteiger partial charge in [0, 0.05) is 0 Å². The SMILES string of the molecule is CN.Cl.NCCCN. The van der Waals surface area contributed by atoms with E-state index in [2.05, 4.69) is 5.73 Å². The van der Waals surface area contributed by atoms with Crippen LogP contribution in [-0.2, 0) is 0 Å². The van der Waals surface area contributed by atoms with Crippen LogP contribution < -0.4 is 17.2 Å². The lowest BCUT2D eigenvalue weighted by Crippen LogP contribution is -2.06. The summed E-state index contributed by atoms with van der Waals surface area (Å²) in [7, 11) is 1.50. The standard InChI is InChI=1S/C3H10N2.CH5N.ClH/c4-2-1-3-5;1-2;/h1-5H2;2H2,1H3;1H. The summed E-state index contributed by atoms with van der Waals surface area (Å²) in [5.41, 5.74) is 14.6. The Morgan fingerprint density at radius 2 is 1.25 bits per heavy atom. The van der Waals surface area contributed by atoms with Gasteiger partial charge in [-0.2, -0.15) is 0 Å². The first-order valence-corrected chi connectivity index (χ1v) is 2.39. The molecule has 0 rings (SSSR count). The van der Waals surface area contributed by atoms with E-state index in [4.69, 9.17) is 11.5 Å². The average Bonchev–Trinajstić information content (AvgIpc) is 1.75. The zero-order valence-electron chi connectivity index (χ0n) is 5.26. The summed E-state index contributed by atoms with van der Waals surface area (Å²) in [4.78, 5) is 0. The normalized spacial score (nSPS) is 6.00. The van der Waals surface area contributed by atoms with Gasteiger partial charge >= 0.3 is 0 Å². The van der Waals surface area contributed by atoms with E-state index in [1.165, 1.54) is 7.05 Å². The van der Waals surface area contributed by atoms with Crippen molar-refractivity contribution >= 4 is 12.4 Å². The summed E-state index contributed by atoms with van der Waals surface area (Å²) in [5.74, 6) is 0. The van der Waals surface area contributed by atoms with Crippen molar-refractivity contribution in [1.29, 1.82) is 0 Å². The van der Waals surface area contributed by atoms with Crippen molar-refractivity contribution in [3.8, 4) is 0 Å². The Hall–Kier alpha value is 0.170. The lowest BCUT2D eigenvalue weighted by atomic mass is 10.4. The molecule has 0 saturated carbocycles. The maximum absolute atomic E-state index is 5.06. The molecule has 0 aliphatic rings. The largest absolute Gasteiger partial charge is 0.333 e. The third-order valence-corrected chi connectivity index (χ3v) is 0.408. The summed E-state index contributed by atoms with van der Waals surface area (Å²) in [5, 5.41) is 0. The molecule has 0 aliphatic heterocycles. The molecule has 0 aliphatic carbocycles. The summed E-state index contributed by atoms with van der Waals surface area (Å²) < 4.78 is 0. The van der Waals surface area contributed by atoms with Gasteiger partial charge in [0.25, 0.3) is 0 Å². The van der Waals surface area contributed by atoms with Crippen molar-refractivity contribution in [3.63, 3.8) is 0 Å². The highest BCUT2D eigenvalue weighted by molar-refractivity contribution is 5.85. The quantitative estimate of drug-likeness (QED) is 0.476. The Morgan fingerprint density at radius 3 is 1.25 bits per heavy atom. The molecule has 0 atom stereocenters. The van der Waals surface area contributed by atoms with E-state index in [0.717, 1.165) is 19.5 Å². The van der Waals surface area contributed by atoms with Gasteiger partial charge in [0.2, 0.25) is 0 Å². The van der Waals surface area contributed by atoms with E-state index in [1.807, 2.05) is 0 Å². The molecule has 0 aromatic carbocycles. The fourth-order valence-electron chi connectivity index (χ4n) is 0.118. The van der Waals surface area contributed by atoms with Crippen LogP contribution in [0, 0.1) is 0 Å². The van der Waals surface area contributed by atoms with Crippen molar-refractivity contribution < 1.29 is 0 Å². The minimum atomic E-state index is 0. The fraction of sp³-hybridized carbons (Fsp3) is 1.00. The number of hydrogen-bond donors (Lipinski definition) is 3. The maximum Gasteiger partial charge on any atom is -0.00653 e. The van der Waals surface area contributed by atoms with Crippen molar-refractivity contribution in [2.24, 2.45) is 17.2 Å². The van der Waals surface area contributed by atoms with E-state index in [0.29, 0.717) is 0 Å². The average molecular weight is 142 g/mol. The highest BCUT2D eigenvalue weighted by Crippen LogP contribution is 1.58. The van der Waals surface area contributed by atoms with Gasteiger partial charge in [-0.1, -0.05) is 0 Å². The second kappa shape index (κ2) is 27.2. The summed E-state index contributed by atoms with van der Waals surface area (Å²) >= 11 is 0. The van der Waals surface area contributed by atoms with Crippen LogP contribution in [0.4, 0.5) is 0 Å². The van der Waals surface area contributed by atoms with Gasteiger partial charge in [0.05, 0.1) is 0 Å². The van der Waals surface area contributed by atoms with E-state index < -0.39 is 0 Å². The lowest BCUT2D eigenvalue weighted by molar-refractivity contribution is 0.844. The first-order valence-electron chi connectivity index (χ1n) is 2.39. The molecule has 8 heavy (non-hydrogen) atoms. The molecule has 0 aromatic heterocycles. The van der Waals surface area contributed by atoms with Gasteiger partial charge in [-0.05, 0) is 26.6 Å². The minimum absolute atomic E-state index is 0. The van der Waals surface area contributed by atoms with Crippen molar-refractivity contribution in [2.45, 2.75) is 6.42 Å². The van der Waals surface area contributed by atoms with E-state index in [9.17, 15) is 0 Å². The molecule has 0 amide bonds. The van der Waals surface area contributed by atoms with Crippen molar-refractivity contribution in [3.05, 3.63) is 0 Å². The summed E-state index contributed by atoms with van der Waals surface area (Å²) in [6.45, 7) is 1.44. The first-order chi connectivity index (χ1) is 3.41. The molecule has 0 spiro atoms. The molecule has 0 radical (unpaired) electrons. The van der Waals surface area contributed by atoms with E-state index in [-0.39, 0.29) is 12.4 Å². The molecule has 6 N–H and O–H groups in total. The summed E-state index contributed by atoms with van der Waals surface area (Å²) in [6, 6.07) is 0. The zero-order valence-corrected chi connectivity index (χ0v) is 6.08. The predicted molar refractivity (Wildman–Crippen MR) is 40.1 cm³/mol. The molecule has 0 heterocycles. The lowest BCUT2D eigenvalue weighted by Gasteiger charge is -1.81. The number of rotatable bonds is 2. The number of halogens is 1. The molecule has 0 bridgehead atoms. The number of hydrogen-bond acceptors (Lipinski definition) is 3. The Bertz CT molecular complexity index is 18.8. The molecule has 0 unspecified atom stereocenters. The highest BCUT2D eigenvalue weighted by atomic mass is 35.5. The Kier molecular flexibility index (Phi) is 53.4. The van der Waals surface area contributed by atoms with Gasteiger partial charge in [-0.25, -0.2) is 0 Å². The number of nitrogens with two attached hydrogens (primary N) is 3. The van der Waals surface area contributed by atoms with Crippen LogP contribution in [0.1, 0.15) is 6.42 Å². The van der Waals surface area contributed by atoms with Gasteiger partial charge in [0.1, 0.15) is 0 Å². The van der Waals surface area contributed by atoms with Crippen LogP contribution in [-0.4, -0.2) is 20.1 Å². The topological polar surface area (TPSA) is 78.1 Å². The molecule has 0 fully saturated rings. The molecule has 3 nitrogen and oxygen atoms in total.